The number of aliphatic hydroxyl groups is 1. The van der Waals surface area contributed by atoms with E-state index in [1.54, 1.807) is 6.20 Å². The molecule has 3 fully saturated rings. The predicted octanol–water partition coefficient (Wildman–Crippen LogP) is 3.17. The largest absolute Gasteiger partial charge is 0.471 e. The highest BCUT2D eigenvalue weighted by Gasteiger charge is 2.36. The lowest BCUT2D eigenvalue weighted by atomic mass is 10.1. The Kier molecular flexibility index (Phi) is 7.91. The number of fused-ring (bicyclic) bond motifs is 1. The fourth-order valence-electron chi connectivity index (χ4n) is 4.69. The molecule has 0 bridgehead atoms. The summed E-state index contributed by atoms with van der Waals surface area (Å²) < 4.78 is 7.75. The van der Waals surface area contributed by atoms with Gasteiger partial charge in [0.1, 0.15) is 31.4 Å². The van der Waals surface area contributed by atoms with Crippen LogP contribution in [-0.4, -0.2) is 70.8 Å². The lowest BCUT2D eigenvalue weighted by Gasteiger charge is -2.17. The van der Waals surface area contributed by atoms with E-state index >= 15 is 0 Å². The Morgan fingerprint density at radius 3 is 2.52 bits per heavy atom. The second-order valence-corrected chi connectivity index (χ2v) is 11.2. The van der Waals surface area contributed by atoms with Gasteiger partial charge in [0.05, 0.1) is 11.4 Å². The molecule has 7 rings (SSSR count). The first-order valence-corrected chi connectivity index (χ1v) is 14.5. The molecule has 1 aliphatic heterocycles. The van der Waals surface area contributed by atoms with E-state index in [9.17, 15) is 19.5 Å². The number of likely N-dealkylation sites (N-methyl/N-ethyl adjacent to an activating group) is 1. The maximum atomic E-state index is 12.7. The lowest BCUT2D eigenvalue weighted by Crippen LogP contribution is -2.30. The standard InChI is InChI=1S/C25H27N7O5.C5H6N2/c1-13(33)22-27-19(28-24(35)15-5-6-15)8-20(29-22)37-12-17-10-31-9-16(14-3-4-14)7-18(23(31)26-17)32-11-21(34)30(2)25(32)36;1-5-2-3-6-4-7-5/h7-10,13-15,33H,3-6,11-12H2,1-2H3,(H,27,28,29,35);2-4H,1H3. The number of nitrogens with zero attached hydrogens (tertiary/aromatic N) is 8. The number of anilines is 2. The Hall–Kier alpha value is -4.98. The molecule has 4 aromatic heterocycles. The van der Waals surface area contributed by atoms with Crippen molar-refractivity contribution < 1.29 is 24.2 Å². The Morgan fingerprint density at radius 2 is 1.93 bits per heavy atom. The fraction of sp³-hybridized carbons (Fsp3) is 0.400. The van der Waals surface area contributed by atoms with Crippen LogP contribution in [0.3, 0.4) is 0 Å². The number of aromatic nitrogens is 6. The number of hydrogen-bond donors (Lipinski definition) is 2. The molecule has 2 N–H and O–H groups in total. The highest BCUT2D eigenvalue weighted by atomic mass is 16.5. The van der Waals surface area contributed by atoms with E-state index in [0.29, 0.717) is 22.9 Å². The number of imidazole rings is 1. The van der Waals surface area contributed by atoms with Crippen LogP contribution >= 0.6 is 0 Å². The number of pyridine rings is 1. The minimum absolute atomic E-state index is 0.000368. The van der Waals surface area contributed by atoms with Crippen LogP contribution in [0.2, 0.25) is 0 Å². The van der Waals surface area contributed by atoms with E-state index in [1.165, 1.54) is 31.3 Å². The monoisotopic (exact) mass is 599 g/mol. The molecule has 2 aliphatic carbocycles. The van der Waals surface area contributed by atoms with Crippen molar-refractivity contribution in [2.75, 3.05) is 23.8 Å². The van der Waals surface area contributed by atoms with Crippen molar-refractivity contribution in [3.8, 4) is 5.88 Å². The summed E-state index contributed by atoms with van der Waals surface area (Å²) in [7, 11) is 1.47. The number of carbonyl (C=O) groups is 3. The highest BCUT2D eigenvalue weighted by molar-refractivity contribution is 6.13. The van der Waals surface area contributed by atoms with Gasteiger partial charge in [0, 0.05) is 43.3 Å². The van der Waals surface area contributed by atoms with Crippen LogP contribution in [0, 0.1) is 12.8 Å². The molecule has 0 spiro atoms. The topological polar surface area (TPSA) is 168 Å². The fourth-order valence-corrected chi connectivity index (χ4v) is 4.69. The predicted molar refractivity (Wildman–Crippen MR) is 158 cm³/mol. The zero-order valence-corrected chi connectivity index (χ0v) is 24.7. The number of imide groups is 1. The summed E-state index contributed by atoms with van der Waals surface area (Å²) in [5, 5.41) is 12.8. The maximum Gasteiger partial charge on any atom is 0.331 e. The van der Waals surface area contributed by atoms with Crippen LogP contribution in [0.4, 0.5) is 16.3 Å². The van der Waals surface area contributed by atoms with Gasteiger partial charge >= 0.3 is 6.03 Å². The molecule has 2 saturated carbocycles. The van der Waals surface area contributed by atoms with Crippen LogP contribution in [-0.2, 0) is 16.2 Å². The van der Waals surface area contributed by atoms with Gasteiger partial charge in [-0.3, -0.25) is 19.4 Å². The first-order valence-electron chi connectivity index (χ1n) is 14.5. The Labute approximate surface area is 253 Å². The number of amides is 4. The van der Waals surface area contributed by atoms with E-state index in [1.807, 2.05) is 35.9 Å². The number of urea groups is 1. The first-order chi connectivity index (χ1) is 21.2. The molecule has 4 amide bonds. The maximum absolute atomic E-state index is 12.7. The van der Waals surface area contributed by atoms with Gasteiger partial charge in [0.2, 0.25) is 17.7 Å². The number of carbonyl (C=O) groups excluding carboxylic acids is 3. The number of rotatable bonds is 8. The first kappa shape index (κ1) is 29.1. The van der Waals surface area contributed by atoms with E-state index in [0.717, 1.165) is 41.8 Å². The number of ether oxygens (including phenoxy) is 1. The zero-order valence-electron chi connectivity index (χ0n) is 24.7. The molecular weight excluding hydrogens is 566 g/mol. The van der Waals surface area contributed by atoms with Gasteiger partial charge < -0.3 is 19.6 Å². The van der Waals surface area contributed by atoms with Gasteiger partial charge in [0.25, 0.3) is 0 Å². The van der Waals surface area contributed by atoms with Crippen molar-refractivity contribution in [1.82, 2.24) is 34.2 Å². The summed E-state index contributed by atoms with van der Waals surface area (Å²) in [4.78, 5) is 60.4. The summed E-state index contributed by atoms with van der Waals surface area (Å²) >= 11 is 0. The third-order valence-electron chi connectivity index (χ3n) is 7.52. The van der Waals surface area contributed by atoms with Crippen molar-refractivity contribution in [3.63, 3.8) is 0 Å². The normalized spacial score (nSPS) is 17.0. The third-order valence-corrected chi connectivity index (χ3v) is 7.52. The molecule has 1 atom stereocenters. The number of aliphatic hydroxyl groups excluding tert-OH is 1. The summed E-state index contributed by atoms with van der Waals surface area (Å²) in [6.45, 7) is 3.49. The molecule has 4 aromatic rings. The van der Waals surface area contributed by atoms with Crippen molar-refractivity contribution in [3.05, 3.63) is 65.9 Å². The molecule has 5 heterocycles. The molecule has 1 unspecified atom stereocenters. The molecule has 14 nitrogen and oxygen atoms in total. The highest BCUT2D eigenvalue weighted by Crippen LogP contribution is 2.42. The van der Waals surface area contributed by atoms with Crippen molar-refractivity contribution in [2.45, 2.75) is 58.2 Å². The average molecular weight is 600 g/mol. The van der Waals surface area contributed by atoms with E-state index in [2.05, 4.69) is 30.2 Å². The Balaban J connectivity index is 0.000000433. The van der Waals surface area contributed by atoms with E-state index < -0.39 is 6.10 Å². The quantitative estimate of drug-likeness (QED) is 0.287. The van der Waals surface area contributed by atoms with Crippen LogP contribution in [0.1, 0.15) is 67.4 Å². The van der Waals surface area contributed by atoms with Gasteiger partial charge in [-0.2, -0.15) is 4.98 Å². The smallest absolute Gasteiger partial charge is 0.331 e. The minimum atomic E-state index is -0.947. The van der Waals surface area contributed by atoms with Crippen molar-refractivity contribution >= 4 is 35.0 Å². The second-order valence-electron chi connectivity index (χ2n) is 11.2. The molecule has 1 saturated heterocycles. The Morgan fingerprint density at radius 1 is 1.14 bits per heavy atom. The van der Waals surface area contributed by atoms with Gasteiger partial charge in [-0.15, -0.1) is 0 Å². The van der Waals surface area contributed by atoms with Gasteiger partial charge in [-0.1, -0.05) is 0 Å². The summed E-state index contributed by atoms with van der Waals surface area (Å²) in [5.41, 5.74) is 3.82. The van der Waals surface area contributed by atoms with E-state index in [4.69, 9.17) is 4.74 Å². The summed E-state index contributed by atoms with van der Waals surface area (Å²) in [5.74, 6) is 0.648. The summed E-state index contributed by atoms with van der Waals surface area (Å²) in [6.07, 6.45) is 10.0. The van der Waals surface area contributed by atoms with Crippen LogP contribution in [0.15, 0.2) is 43.1 Å². The van der Waals surface area contributed by atoms with Gasteiger partial charge in [0.15, 0.2) is 11.5 Å². The van der Waals surface area contributed by atoms with E-state index in [-0.39, 0.29) is 54.4 Å². The zero-order chi connectivity index (χ0) is 31.0. The molecule has 3 aliphatic rings. The lowest BCUT2D eigenvalue weighted by molar-refractivity contribution is -0.124. The molecule has 14 heteroatoms. The van der Waals surface area contributed by atoms with Gasteiger partial charge in [-0.05, 0) is 63.1 Å². The molecule has 0 aromatic carbocycles. The minimum Gasteiger partial charge on any atom is -0.471 e. The number of aryl methyl sites for hydroxylation is 1. The second kappa shape index (κ2) is 12.0. The SMILES string of the molecule is CC(O)c1nc(NC(=O)C2CC2)cc(OCc2cn3cc(C4CC4)cc(N4CC(=O)N(C)C4=O)c3n2)n1.Cc1ccncn1. The number of nitrogens with one attached hydrogen (secondary N) is 1. The molecular formula is C30H33N9O5. The molecule has 0 radical (unpaired) electrons. The van der Waals surface area contributed by atoms with Crippen molar-refractivity contribution in [1.29, 1.82) is 0 Å². The molecule has 44 heavy (non-hydrogen) atoms. The van der Waals surface area contributed by atoms with Gasteiger partial charge in [-0.25, -0.2) is 24.7 Å². The number of hydrogen-bond acceptors (Lipinski definition) is 10. The summed E-state index contributed by atoms with van der Waals surface area (Å²) in [6, 6.07) is 4.94. The third kappa shape index (κ3) is 6.49. The molecule has 228 valence electrons. The van der Waals surface area contributed by atoms with Crippen molar-refractivity contribution in [2.24, 2.45) is 5.92 Å². The van der Waals surface area contributed by atoms with Crippen LogP contribution < -0.4 is 15.0 Å². The average Bonchev–Trinajstić information content (AvgIpc) is 3.94. The van der Waals surface area contributed by atoms with Crippen LogP contribution in [0.5, 0.6) is 5.88 Å². The Bertz CT molecular complexity index is 1720. The van der Waals surface area contributed by atoms with Crippen LogP contribution in [0.25, 0.3) is 5.65 Å².